The number of thiazole rings is 1. The maximum absolute atomic E-state index is 13.4. The Kier molecular flexibility index (Phi) is 4.61. The molecule has 2 aromatic carbocycles. The maximum atomic E-state index is 13.4. The zero-order valence-corrected chi connectivity index (χ0v) is 16.9. The number of amides is 1. The molecule has 1 N–H and O–H groups in total. The highest BCUT2D eigenvalue weighted by Gasteiger charge is 2.18. The van der Waals surface area contributed by atoms with Crippen molar-refractivity contribution in [3.8, 4) is 0 Å². The zero-order chi connectivity index (χ0) is 19.8. The molecule has 4 nitrogen and oxygen atoms in total. The number of halogens is 1. The lowest BCUT2D eigenvalue weighted by Gasteiger charge is -2.10. The highest BCUT2D eigenvalue weighted by molar-refractivity contribution is 7.22. The number of benzene rings is 2. The molecule has 3 heterocycles. The largest absolute Gasteiger partial charge is 0.335 e. The van der Waals surface area contributed by atoms with E-state index in [0.717, 1.165) is 16.6 Å². The standard InChI is InChI=1S/C22H16FN3OS2/c23-15-6-7-16-19(12-15)29-22(24-16)25-21(27)18-13-20-17(9-11-28-20)26(18)10-8-14-4-2-1-3-5-14/h1-7,9,11-13H,8,10H2,(H,24,25,27). The van der Waals surface area contributed by atoms with Crippen molar-refractivity contribution in [2.45, 2.75) is 13.0 Å². The summed E-state index contributed by atoms with van der Waals surface area (Å²) in [6, 6.07) is 18.6. The number of nitrogens with zero attached hydrogens (tertiary/aromatic N) is 2. The van der Waals surface area contributed by atoms with Gasteiger partial charge in [-0.05, 0) is 47.7 Å². The van der Waals surface area contributed by atoms with Crippen molar-refractivity contribution < 1.29 is 9.18 Å². The number of aryl methyl sites for hydroxylation is 2. The number of aromatic nitrogens is 2. The van der Waals surface area contributed by atoms with Crippen LogP contribution in [-0.4, -0.2) is 15.5 Å². The molecule has 5 rings (SSSR count). The summed E-state index contributed by atoms with van der Waals surface area (Å²) >= 11 is 2.89. The molecule has 5 aromatic rings. The average Bonchev–Trinajstić information content (AvgIpc) is 3.41. The highest BCUT2D eigenvalue weighted by Crippen LogP contribution is 2.29. The van der Waals surface area contributed by atoms with Crippen LogP contribution in [0.3, 0.4) is 0 Å². The minimum Gasteiger partial charge on any atom is -0.335 e. The zero-order valence-electron chi connectivity index (χ0n) is 15.3. The molecule has 0 saturated carbocycles. The Balaban J connectivity index is 1.43. The lowest BCUT2D eigenvalue weighted by atomic mass is 10.1. The molecular formula is C22H16FN3OS2. The topological polar surface area (TPSA) is 46.9 Å². The van der Waals surface area contributed by atoms with Crippen LogP contribution in [0.15, 0.2) is 66.0 Å². The van der Waals surface area contributed by atoms with Crippen molar-refractivity contribution in [2.75, 3.05) is 5.32 Å². The molecule has 29 heavy (non-hydrogen) atoms. The number of carbonyl (C=O) groups is 1. The highest BCUT2D eigenvalue weighted by atomic mass is 32.1. The Hall–Kier alpha value is -3.03. The molecule has 3 aromatic heterocycles. The van der Waals surface area contributed by atoms with Crippen molar-refractivity contribution in [1.82, 2.24) is 9.55 Å². The summed E-state index contributed by atoms with van der Waals surface area (Å²) in [5.74, 6) is -0.518. The second-order valence-corrected chi connectivity index (χ2v) is 8.65. The third-order valence-corrected chi connectivity index (χ3v) is 6.58. The summed E-state index contributed by atoms with van der Waals surface area (Å²) in [6.07, 6.45) is 0.834. The predicted octanol–water partition coefficient (Wildman–Crippen LogP) is 5.95. The third kappa shape index (κ3) is 3.54. The SMILES string of the molecule is O=C(Nc1nc2ccc(F)cc2s1)c1cc2sccc2n1CCc1ccccc1. The van der Waals surface area contributed by atoms with Crippen LogP contribution >= 0.6 is 22.7 Å². The summed E-state index contributed by atoms with van der Waals surface area (Å²) in [4.78, 5) is 17.4. The van der Waals surface area contributed by atoms with Gasteiger partial charge in [0.25, 0.3) is 5.91 Å². The number of rotatable bonds is 5. The Morgan fingerprint density at radius 3 is 2.79 bits per heavy atom. The van der Waals surface area contributed by atoms with E-state index in [2.05, 4.69) is 27.0 Å². The molecule has 0 aliphatic rings. The molecule has 0 aliphatic carbocycles. The normalized spacial score (nSPS) is 11.3. The van der Waals surface area contributed by atoms with Crippen LogP contribution in [0.1, 0.15) is 16.1 Å². The van der Waals surface area contributed by atoms with Crippen molar-refractivity contribution in [2.24, 2.45) is 0 Å². The summed E-state index contributed by atoms with van der Waals surface area (Å²) in [7, 11) is 0. The molecule has 144 valence electrons. The molecule has 0 bridgehead atoms. The second-order valence-electron chi connectivity index (χ2n) is 6.67. The third-order valence-electron chi connectivity index (χ3n) is 4.79. The molecule has 1 amide bonds. The fraction of sp³-hybridized carbons (Fsp3) is 0.0909. The quantitative estimate of drug-likeness (QED) is 0.381. The van der Waals surface area contributed by atoms with Crippen molar-refractivity contribution in [3.05, 3.63) is 83.1 Å². The van der Waals surface area contributed by atoms with E-state index < -0.39 is 0 Å². The van der Waals surface area contributed by atoms with E-state index in [4.69, 9.17) is 0 Å². The average molecular weight is 422 g/mol. The van der Waals surface area contributed by atoms with E-state index in [1.54, 1.807) is 17.4 Å². The fourth-order valence-electron chi connectivity index (χ4n) is 3.40. The number of thiophene rings is 1. The van der Waals surface area contributed by atoms with Crippen LogP contribution in [0.4, 0.5) is 9.52 Å². The molecule has 7 heteroatoms. The number of nitrogens with one attached hydrogen (secondary N) is 1. The molecule has 0 spiro atoms. The summed E-state index contributed by atoms with van der Waals surface area (Å²) in [5, 5.41) is 5.39. The first-order valence-electron chi connectivity index (χ1n) is 9.15. The Bertz CT molecular complexity index is 1320. The van der Waals surface area contributed by atoms with Gasteiger partial charge < -0.3 is 4.57 Å². The van der Waals surface area contributed by atoms with E-state index in [1.807, 2.05) is 35.7 Å². The smallest absolute Gasteiger partial charge is 0.274 e. The monoisotopic (exact) mass is 421 g/mol. The van der Waals surface area contributed by atoms with E-state index in [0.29, 0.717) is 27.6 Å². The molecule has 0 radical (unpaired) electrons. The van der Waals surface area contributed by atoms with Gasteiger partial charge in [0.2, 0.25) is 0 Å². The molecule has 0 saturated heterocycles. The Labute approximate surface area is 174 Å². The van der Waals surface area contributed by atoms with Gasteiger partial charge in [0.1, 0.15) is 11.5 Å². The number of hydrogen-bond donors (Lipinski definition) is 1. The van der Waals surface area contributed by atoms with Crippen LogP contribution < -0.4 is 5.32 Å². The number of carbonyl (C=O) groups excluding carboxylic acids is 1. The van der Waals surface area contributed by atoms with Gasteiger partial charge >= 0.3 is 0 Å². The first-order chi connectivity index (χ1) is 14.2. The van der Waals surface area contributed by atoms with Gasteiger partial charge in [-0.15, -0.1) is 11.3 Å². The van der Waals surface area contributed by atoms with Gasteiger partial charge in [0.05, 0.1) is 20.4 Å². The van der Waals surface area contributed by atoms with Gasteiger partial charge in [-0.25, -0.2) is 9.37 Å². The Morgan fingerprint density at radius 2 is 1.93 bits per heavy atom. The van der Waals surface area contributed by atoms with Crippen molar-refractivity contribution in [3.63, 3.8) is 0 Å². The maximum Gasteiger partial charge on any atom is 0.274 e. The fourth-order valence-corrected chi connectivity index (χ4v) is 5.11. The first kappa shape index (κ1) is 18.0. The van der Waals surface area contributed by atoms with Crippen molar-refractivity contribution in [1.29, 1.82) is 0 Å². The van der Waals surface area contributed by atoms with Gasteiger partial charge in [0, 0.05) is 6.54 Å². The molecule has 0 aliphatic heterocycles. The van der Waals surface area contributed by atoms with Gasteiger partial charge in [-0.2, -0.15) is 0 Å². The van der Waals surface area contributed by atoms with Crippen LogP contribution in [0.2, 0.25) is 0 Å². The number of hydrogen-bond acceptors (Lipinski definition) is 4. The van der Waals surface area contributed by atoms with Gasteiger partial charge in [-0.3, -0.25) is 10.1 Å². The second kappa shape index (κ2) is 7.42. The molecular weight excluding hydrogens is 405 g/mol. The van der Waals surface area contributed by atoms with E-state index >= 15 is 0 Å². The van der Waals surface area contributed by atoms with E-state index in [-0.39, 0.29) is 11.7 Å². The lowest BCUT2D eigenvalue weighted by Crippen LogP contribution is -2.17. The number of anilines is 1. The summed E-state index contributed by atoms with van der Waals surface area (Å²) in [6.45, 7) is 0.706. The van der Waals surface area contributed by atoms with Gasteiger partial charge in [-0.1, -0.05) is 41.7 Å². The van der Waals surface area contributed by atoms with E-state index in [9.17, 15) is 9.18 Å². The minimum absolute atomic E-state index is 0.207. The lowest BCUT2D eigenvalue weighted by molar-refractivity contribution is 0.101. The van der Waals surface area contributed by atoms with E-state index in [1.165, 1.54) is 29.0 Å². The predicted molar refractivity (Wildman–Crippen MR) is 117 cm³/mol. The molecule has 0 unspecified atom stereocenters. The summed E-state index contributed by atoms with van der Waals surface area (Å²) in [5.41, 5.74) is 3.56. The summed E-state index contributed by atoms with van der Waals surface area (Å²) < 4.78 is 17.3. The van der Waals surface area contributed by atoms with Crippen LogP contribution in [0.25, 0.3) is 20.4 Å². The Morgan fingerprint density at radius 1 is 1.07 bits per heavy atom. The van der Waals surface area contributed by atoms with Crippen LogP contribution in [0.5, 0.6) is 0 Å². The van der Waals surface area contributed by atoms with Crippen LogP contribution in [-0.2, 0) is 13.0 Å². The minimum atomic E-state index is -0.311. The van der Waals surface area contributed by atoms with Crippen LogP contribution in [0, 0.1) is 5.82 Å². The first-order valence-corrected chi connectivity index (χ1v) is 10.8. The molecule has 0 atom stereocenters. The van der Waals surface area contributed by atoms with Crippen molar-refractivity contribution >= 4 is 54.1 Å². The van der Waals surface area contributed by atoms with Gasteiger partial charge in [0.15, 0.2) is 5.13 Å². The number of fused-ring (bicyclic) bond motifs is 2. The molecule has 0 fully saturated rings.